The fourth-order valence-electron chi connectivity index (χ4n) is 9.72. The first-order valence-electron chi connectivity index (χ1n) is 31.3. The molecule has 0 unspecified atom stereocenters. The van der Waals surface area contributed by atoms with Crippen molar-refractivity contribution in [1.29, 1.82) is 0 Å². The van der Waals surface area contributed by atoms with E-state index in [1.165, 1.54) is 0 Å². The lowest BCUT2D eigenvalue weighted by molar-refractivity contribution is 0.793. The molecule has 1 heteroatoms. The summed E-state index contributed by atoms with van der Waals surface area (Å²) in [6, 6.07) is 28.7. The average molecular weight is 858 g/mol. The maximum absolute atomic E-state index is 10.6. The van der Waals surface area contributed by atoms with Crippen molar-refractivity contribution in [3.05, 3.63) is 283 Å². The van der Waals surface area contributed by atoms with Gasteiger partial charge in [-0.1, -0.05) is 224 Å². The molecule has 0 aromatic heterocycles. The largest absolute Gasteiger partial charge is 0.310 e. The van der Waals surface area contributed by atoms with E-state index in [4.69, 9.17) is 12.3 Å². The Morgan fingerprint density at radius 1 is 0.303 bits per heavy atom. The van der Waals surface area contributed by atoms with Gasteiger partial charge in [0.15, 0.2) is 0 Å². The first-order valence-corrected chi connectivity index (χ1v) is 21.3. The van der Waals surface area contributed by atoms with Gasteiger partial charge in [-0.15, -0.1) is 0 Å². The lowest BCUT2D eigenvalue weighted by atomic mass is 9.70. The molecule has 13 rings (SSSR count). The summed E-state index contributed by atoms with van der Waals surface area (Å²) >= 11 is 0. The number of hydrogen-bond acceptors (Lipinski definition) is 1. The fourth-order valence-corrected chi connectivity index (χ4v) is 9.72. The summed E-state index contributed by atoms with van der Waals surface area (Å²) in [5.74, 6) is 0. The van der Waals surface area contributed by atoms with Crippen molar-refractivity contribution < 1.29 is 27.4 Å². The van der Waals surface area contributed by atoms with Crippen molar-refractivity contribution in [2.75, 3.05) is 4.90 Å². The molecule has 0 amide bonds. The Morgan fingerprint density at radius 2 is 0.788 bits per heavy atom. The monoisotopic (exact) mass is 857 g/mol. The number of para-hydroxylation sites is 1. The van der Waals surface area contributed by atoms with E-state index in [-0.39, 0.29) is 5.69 Å². The summed E-state index contributed by atoms with van der Waals surface area (Å²) in [5.41, 5.74) is -0.498. The van der Waals surface area contributed by atoms with Crippen LogP contribution in [0.4, 0.5) is 17.1 Å². The summed E-state index contributed by atoms with van der Waals surface area (Å²) in [6.07, 6.45) is 0. The molecule has 0 atom stereocenters. The second-order valence-corrected chi connectivity index (χ2v) is 16.1. The number of anilines is 3. The lowest BCUT2D eigenvalue weighted by Crippen LogP contribution is -2.26. The van der Waals surface area contributed by atoms with E-state index in [9.17, 15) is 15.1 Å². The van der Waals surface area contributed by atoms with Crippen molar-refractivity contribution in [2.24, 2.45) is 0 Å². The van der Waals surface area contributed by atoms with Crippen LogP contribution in [0, 0.1) is 0 Å². The van der Waals surface area contributed by atoms with Crippen molar-refractivity contribution in [3.63, 3.8) is 0 Å². The molecule has 11 aromatic carbocycles. The molecule has 2 aliphatic rings. The van der Waals surface area contributed by atoms with Gasteiger partial charge in [0, 0.05) is 17.1 Å². The van der Waals surface area contributed by atoms with Crippen LogP contribution in [0.2, 0.25) is 0 Å². The minimum absolute atomic E-state index is 0.0107. The fraction of sp³-hybridized carbons (Fsp3) is 0.0154. The van der Waals surface area contributed by atoms with E-state index in [1.807, 2.05) is 66.7 Å². The van der Waals surface area contributed by atoms with Crippen LogP contribution >= 0.6 is 0 Å². The molecule has 308 valence electrons. The minimum Gasteiger partial charge on any atom is -0.310 e. The van der Waals surface area contributed by atoms with Crippen LogP contribution < -0.4 is 4.90 Å². The third-order valence-corrected chi connectivity index (χ3v) is 12.7. The lowest BCUT2D eigenvalue weighted by Gasteiger charge is -2.32. The standard InChI is InChI=1S/C65H43N/c1-3-15-44(16-4-1)45-27-29-46(30-28-45)47-31-33-50(34-32-47)64-54-20-8-7-17-48(54)37-41-55(64)49-35-38-52(39-36-49)66(51-18-5-2-6-19-51)53-40-42-59-58-23-11-14-26-62(58)65(63(59)43-53)60-24-12-9-21-56(60)57-22-10-13-25-61(57)65/h1-43H/i2D,5D,6D,9D,10D,11D,12D,13D,14D,18D,19D,21D,22D,23D,24D,25D,26D,40D,42D,43D. The van der Waals surface area contributed by atoms with Crippen LogP contribution in [0.1, 0.15) is 49.7 Å². The van der Waals surface area contributed by atoms with Gasteiger partial charge in [-0.2, -0.15) is 0 Å². The summed E-state index contributed by atoms with van der Waals surface area (Å²) < 4.78 is 186. The highest BCUT2D eigenvalue weighted by Gasteiger charge is 2.51. The Kier molecular flexibility index (Phi) is 5.32. The molecule has 0 aliphatic heterocycles. The number of nitrogens with zero attached hydrogens (tertiary/aromatic N) is 1. The Bertz CT molecular complexity index is 4670. The van der Waals surface area contributed by atoms with E-state index < -0.39 is 182 Å². The van der Waals surface area contributed by atoms with Crippen LogP contribution in [0.5, 0.6) is 0 Å². The van der Waals surface area contributed by atoms with Crippen molar-refractivity contribution in [2.45, 2.75) is 5.41 Å². The quantitative estimate of drug-likeness (QED) is 0.154. The van der Waals surface area contributed by atoms with Crippen LogP contribution in [-0.2, 0) is 5.41 Å². The molecule has 0 saturated heterocycles. The van der Waals surface area contributed by atoms with Gasteiger partial charge >= 0.3 is 0 Å². The van der Waals surface area contributed by atoms with E-state index >= 15 is 0 Å². The average Bonchev–Trinajstić information content (AvgIpc) is 1.47. The van der Waals surface area contributed by atoms with Gasteiger partial charge in [0.25, 0.3) is 0 Å². The summed E-state index contributed by atoms with van der Waals surface area (Å²) in [6.45, 7) is 0. The van der Waals surface area contributed by atoms with Gasteiger partial charge in [-0.25, -0.2) is 0 Å². The molecule has 0 bridgehead atoms. The number of hydrogen-bond donors (Lipinski definition) is 0. The molecule has 0 N–H and O–H groups in total. The minimum atomic E-state index is -2.69. The zero-order chi connectivity index (χ0) is 61.0. The molecule has 0 fully saturated rings. The first-order chi connectivity index (χ1) is 41.1. The normalized spacial score (nSPS) is 16.9. The number of rotatable bonds is 7. The van der Waals surface area contributed by atoms with Gasteiger partial charge in [0.2, 0.25) is 0 Å². The van der Waals surface area contributed by atoms with Gasteiger partial charge in [0.1, 0.15) is 0 Å². The zero-order valence-electron chi connectivity index (χ0n) is 54.7. The Balaban J connectivity index is 1.07. The molecule has 1 nitrogen and oxygen atoms in total. The van der Waals surface area contributed by atoms with E-state index in [0.29, 0.717) is 5.56 Å². The van der Waals surface area contributed by atoms with Crippen LogP contribution in [0.15, 0.2) is 260 Å². The third-order valence-electron chi connectivity index (χ3n) is 12.7. The van der Waals surface area contributed by atoms with Gasteiger partial charge in [-0.3, -0.25) is 0 Å². The van der Waals surface area contributed by atoms with Gasteiger partial charge in [0.05, 0.1) is 32.8 Å². The first kappa shape index (κ1) is 22.9. The third kappa shape index (κ3) is 5.87. The molecule has 0 radical (unpaired) electrons. The SMILES string of the molecule is [2H]c1c([2H])c([2H])c(N(c2ccc(-c3ccc4ccccc4c3-c3ccc(-c4ccc(-c5ccccc5)cc4)cc3)cc2)c2c([2H])c([2H])c3c(c2[2H])C2(c4c([2H])c([2H])c([2H])c([2H])c4-c4c([2H])c([2H])c([2H])c([2H])c42)c2c([2H])c([2H])c([2H])c([2H])c2-3)c([2H])c1[2H]. The van der Waals surface area contributed by atoms with E-state index in [0.717, 1.165) is 54.6 Å². The number of benzene rings is 11. The predicted octanol–water partition coefficient (Wildman–Crippen LogP) is 17.3. The van der Waals surface area contributed by atoms with Crippen LogP contribution in [-0.4, -0.2) is 0 Å². The van der Waals surface area contributed by atoms with Gasteiger partial charge in [-0.05, 0) is 136 Å². The summed E-state index contributed by atoms with van der Waals surface area (Å²) in [7, 11) is 0. The van der Waals surface area contributed by atoms with E-state index in [2.05, 4.69) is 48.5 Å². The topological polar surface area (TPSA) is 3.24 Å². The molecular weight excluding hydrogens is 795 g/mol. The predicted molar refractivity (Wildman–Crippen MR) is 277 cm³/mol. The zero-order valence-corrected chi connectivity index (χ0v) is 34.7. The summed E-state index contributed by atoms with van der Waals surface area (Å²) in [5, 5.41) is 1.88. The molecular formula is C65H43N. The highest BCUT2D eigenvalue weighted by molar-refractivity contribution is 6.04. The molecule has 1 spiro atoms. The molecule has 2 aliphatic carbocycles. The maximum atomic E-state index is 10.6. The molecule has 11 aromatic rings. The Hall–Kier alpha value is -8.52. The van der Waals surface area contributed by atoms with E-state index in [1.54, 1.807) is 24.3 Å². The second kappa shape index (κ2) is 15.3. The summed E-state index contributed by atoms with van der Waals surface area (Å²) in [4.78, 5) is 1.04. The van der Waals surface area contributed by atoms with Crippen LogP contribution in [0.3, 0.4) is 0 Å². The second-order valence-electron chi connectivity index (χ2n) is 16.1. The highest BCUT2D eigenvalue weighted by Crippen LogP contribution is 2.63. The Labute approximate surface area is 414 Å². The number of fused-ring (bicyclic) bond motifs is 11. The molecule has 0 heterocycles. The molecule has 66 heavy (non-hydrogen) atoms. The van der Waals surface area contributed by atoms with Crippen molar-refractivity contribution in [1.82, 2.24) is 0 Å². The maximum Gasteiger partial charge on any atom is 0.0726 e. The smallest absolute Gasteiger partial charge is 0.0726 e. The highest BCUT2D eigenvalue weighted by atomic mass is 15.1. The van der Waals surface area contributed by atoms with Crippen molar-refractivity contribution in [3.8, 4) is 66.8 Å². The van der Waals surface area contributed by atoms with Crippen LogP contribution in [0.25, 0.3) is 77.5 Å². The Morgan fingerprint density at radius 3 is 1.39 bits per heavy atom. The molecule has 0 saturated carbocycles. The van der Waals surface area contributed by atoms with Crippen molar-refractivity contribution >= 4 is 27.8 Å². The van der Waals surface area contributed by atoms with Gasteiger partial charge < -0.3 is 4.90 Å².